The predicted octanol–water partition coefficient (Wildman–Crippen LogP) is 3.08. The van der Waals surface area contributed by atoms with Gasteiger partial charge in [-0.25, -0.2) is 0 Å². The van der Waals surface area contributed by atoms with Crippen LogP contribution in [0.3, 0.4) is 0 Å². The molecule has 2 bridgehead atoms. The minimum absolute atomic E-state index is 0.756. The smallest absolute Gasteiger partial charge is 0.0991 e. The Morgan fingerprint density at radius 2 is 1.62 bits per heavy atom. The zero-order valence-electron chi connectivity index (χ0n) is 9.39. The molecule has 2 aliphatic heterocycles. The second-order valence-corrected chi connectivity index (χ2v) is 4.88. The highest BCUT2D eigenvalue weighted by atomic mass is 15.2. The Bertz CT molecular complexity index is 399. The Morgan fingerprint density at radius 1 is 1.00 bits per heavy atom. The van der Waals surface area contributed by atoms with Crippen LogP contribution >= 0.6 is 0 Å². The van der Waals surface area contributed by atoms with Crippen molar-refractivity contribution in [1.29, 1.82) is 5.26 Å². The van der Waals surface area contributed by atoms with Crippen LogP contribution in [-0.4, -0.2) is 12.1 Å². The van der Waals surface area contributed by atoms with Crippen LogP contribution in [0.15, 0.2) is 24.3 Å². The molecule has 3 rings (SSSR count). The summed E-state index contributed by atoms with van der Waals surface area (Å²) >= 11 is 0. The third kappa shape index (κ3) is 1.48. The van der Waals surface area contributed by atoms with E-state index in [9.17, 15) is 0 Å². The summed E-state index contributed by atoms with van der Waals surface area (Å²) in [6.07, 6.45) is 6.78. The van der Waals surface area contributed by atoms with E-state index in [1.165, 1.54) is 37.8 Å². The molecule has 2 heterocycles. The van der Waals surface area contributed by atoms with E-state index in [2.05, 4.69) is 23.1 Å². The fourth-order valence-corrected chi connectivity index (χ4v) is 3.25. The van der Waals surface area contributed by atoms with Crippen molar-refractivity contribution in [2.24, 2.45) is 0 Å². The highest BCUT2D eigenvalue weighted by Gasteiger charge is 2.36. The zero-order chi connectivity index (χ0) is 11.0. The molecule has 0 saturated carbocycles. The molecule has 0 N–H and O–H groups in total. The first kappa shape index (κ1) is 9.72. The maximum Gasteiger partial charge on any atom is 0.0991 e. The Morgan fingerprint density at radius 3 is 2.19 bits per heavy atom. The van der Waals surface area contributed by atoms with Crippen molar-refractivity contribution in [3.8, 4) is 6.07 Å². The summed E-state index contributed by atoms with van der Waals surface area (Å²) in [6, 6.07) is 11.8. The quantitative estimate of drug-likeness (QED) is 0.715. The normalized spacial score (nSPS) is 27.8. The van der Waals surface area contributed by atoms with Gasteiger partial charge >= 0.3 is 0 Å². The third-order valence-electron chi connectivity index (χ3n) is 3.99. The van der Waals surface area contributed by atoms with Crippen LogP contribution in [0.5, 0.6) is 0 Å². The molecule has 0 spiro atoms. The number of hydrogen-bond donors (Lipinski definition) is 0. The van der Waals surface area contributed by atoms with Gasteiger partial charge in [-0.05, 0) is 56.4 Å². The van der Waals surface area contributed by atoms with Crippen molar-refractivity contribution >= 4 is 5.69 Å². The predicted molar refractivity (Wildman–Crippen MR) is 64.3 cm³/mol. The van der Waals surface area contributed by atoms with Crippen LogP contribution in [0.4, 0.5) is 5.69 Å². The maximum absolute atomic E-state index is 8.79. The Balaban J connectivity index is 1.89. The van der Waals surface area contributed by atoms with Crippen LogP contribution in [-0.2, 0) is 0 Å². The number of benzene rings is 1. The van der Waals surface area contributed by atoms with Crippen molar-refractivity contribution in [3.63, 3.8) is 0 Å². The van der Waals surface area contributed by atoms with E-state index in [0.717, 1.165) is 17.6 Å². The largest absolute Gasteiger partial charge is 0.366 e. The Hall–Kier alpha value is -1.49. The number of rotatable bonds is 1. The molecule has 0 radical (unpaired) electrons. The van der Waals surface area contributed by atoms with Crippen molar-refractivity contribution in [3.05, 3.63) is 29.8 Å². The van der Waals surface area contributed by atoms with Crippen LogP contribution in [0, 0.1) is 11.3 Å². The molecule has 1 aromatic carbocycles. The van der Waals surface area contributed by atoms with Crippen molar-refractivity contribution in [1.82, 2.24) is 0 Å². The molecule has 0 unspecified atom stereocenters. The number of fused-ring (bicyclic) bond motifs is 2. The highest BCUT2D eigenvalue weighted by molar-refractivity contribution is 5.52. The van der Waals surface area contributed by atoms with E-state index >= 15 is 0 Å². The van der Waals surface area contributed by atoms with Gasteiger partial charge in [0.25, 0.3) is 0 Å². The summed E-state index contributed by atoms with van der Waals surface area (Å²) < 4.78 is 0. The lowest BCUT2D eigenvalue weighted by Crippen LogP contribution is -2.39. The van der Waals surface area contributed by atoms with Gasteiger partial charge < -0.3 is 4.90 Å². The Kier molecular flexibility index (Phi) is 2.32. The molecule has 2 fully saturated rings. The third-order valence-corrected chi connectivity index (χ3v) is 3.99. The fourth-order valence-electron chi connectivity index (χ4n) is 3.25. The van der Waals surface area contributed by atoms with Gasteiger partial charge in [0.2, 0.25) is 0 Å². The standard InChI is InChI=1S/C14H16N2/c15-10-11-4-6-14(7-5-11)16-12-2-1-3-13(16)9-8-12/h4-7,12-13H,1-3,8-9H2/t12-,13+. The molecular formula is C14H16N2. The molecular weight excluding hydrogens is 196 g/mol. The number of nitriles is 1. The average Bonchev–Trinajstić information content (AvgIpc) is 2.59. The first-order chi connectivity index (χ1) is 7.88. The number of anilines is 1. The van der Waals surface area contributed by atoms with E-state index in [-0.39, 0.29) is 0 Å². The van der Waals surface area contributed by atoms with E-state index in [1.54, 1.807) is 0 Å². The second-order valence-electron chi connectivity index (χ2n) is 4.88. The van der Waals surface area contributed by atoms with Gasteiger partial charge in [0.1, 0.15) is 0 Å². The van der Waals surface area contributed by atoms with Gasteiger partial charge in [0.15, 0.2) is 0 Å². The zero-order valence-corrected chi connectivity index (χ0v) is 9.39. The van der Waals surface area contributed by atoms with E-state index in [1.807, 2.05) is 12.1 Å². The molecule has 2 nitrogen and oxygen atoms in total. The molecule has 0 amide bonds. The molecule has 2 saturated heterocycles. The first-order valence-electron chi connectivity index (χ1n) is 6.17. The van der Waals surface area contributed by atoms with Gasteiger partial charge in [-0.3, -0.25) is 0 Å². The van der Waals surface area contributed by atoms with Gasteiger partial charge in [0, 0.05) is 17.8 Å². The van der Waals surface area contributed by atoms with E-state index < -0.39 is 0 Å². The van der Waals surface area contributed by atoms with Gasteiger partial charge in [-0.2, -0.15) is 5.26 Å². The number of piperidine rings is 1. The van der Waals surface area contributed by atoms with Crippen LogP contribution < -0.4 is 4.90 Å². The SMILES string of the molecule is N#Cc1ccc(N2[C@@H]3CCC[C@H]2CC3)cc1. The molecule has 82 valence electrons. The van der Waals surface area contributed by atoms with Crippen LogP contribution in [0.1, 0.15) is 37.7 Å². The second kappa shape index (κ2) is 3.83. The van der Waals surface area contributed by atoms with E-state index in [0.29, 0.717) is 0 Å². The summed E-state index contributed by atoms with van der Waals surface area (Å²) in [6.45, 7) is 0. The summed E-state index contributed by atoms with van der Waals surface area (Å²) in [5.41, 5.74) is 2.07. The van der Waals surface area contributed by atoms with Crippen LogP contribution in [0.25, 0.3) is 0 Å². The van der Waals surface area contributed by atoms with Gasteiger partial charge in [0.05, 0.1) is 11.6 Å². The molecule has 0 aliphatic carbocycles. The minimum atomic E-state index is 0.756. The van der Waals surface area contributed by atoms with Gasteiger partial charge in [-0.15, -0.1) is 0 Å². The molecule has 16 heavy (non-hydrogen) atoms. The van der Waals surface area contributed by atoms with Crippen LogP contribution in [0.2, 0.25) is 0 Å². The van der Waals surface area contributed by atoms with Crippen molar-refractivity contribution < 1.29 is 0 Å². The summed E-state index contributed by atoms with van der Waals surface area (Å²) in [5.74, 6) is 0. The molecule has 2 heteroatoms. The molecule has 1 aromatic rings. The summed E-state index contributed by atoms with van der Waals surface area (Å²) in [7, 11) is 0. The van der Waals surface area contributed by atoms with Gasteiger partial charge in [-0.1, -0.05) is 0 Å². The number of hydrogen-bond acceptors (Lipinski definition) is 2. The molecule has 2 atom stereocenters. The monoisotopic (exact) mass is 212 g/mol. The fraction of sp³-hybridized carbons (Fsp3) is 0.500. The minimum Gasteiger partial charge on any atom is -0.366 e. The first-order valence-corrected chi connectivity index (χ1v) is 6.17. The Labute approximate surface area is 96.5 Å². The average molecular weight is 212 g/mol. The lowest BCUT2D eigenvalue weighted by Gasteiger charge is -2.36. The maximum atomic E-state index is 8.79. The lowest BCUT2D eigenvalue weighted by molar-refractivity contribution is 0.468. The summed E-state index contributed by atoms with van der Waals surface area (Å²) in [5, 5.41) is 8.79. The lowest BCUT2D eigenvalue weighted by atomic mass is 10.0. The molecule has 2 aliphatic rings. The van der Waals surface area contributed by atoms with E-state index in [4.69, 9.17) is 5.26 Å². The van der Waals surface area contributed by atoms with Crippen molar-refractivity contribution in [2.75, 3.05) is 4.90 Å². The van der Waals surface area contributed by atoms with Crippen molar-refractivity contribution in [2.45, 2.75) is 44.2 Å². The number of nitrogens with zero attached hydrogens (tertiary/aromatic N) is 2. The highest BCUT2D eigenvalue weighted by Crippen LogP contribution is 2.38. The summed E-state index contributed by atoms with van der Waals surface area (Å²) in [4.78, 5) is 2.59. The topological polar surface area (TPSA) is 27.0 Å². The molecule has 0 aromatic heterocycles.